The molecular formula is C32H32ClF2N3O10. The van der Waals surface area contributed by atoms with Crippen LogP contribution < -0.4 is 16.0 Å². The molecule has 1 fully saturated rings. The summed E-state index contributed by atoms with van der Waals surface area (Å²) in [6, 6.07) is 15.4. The highest BCUT2D eigenvalue weighted by Crippen LogP contribution is 2.36. The average Bonchev–Trinajstić information content (AvgIpc) is 3.05. The normalized spacial score (nSPS) is 21.8. The van der Waals surface area contributed by atoms with Gasteiger partial charge in [-0.05, 0) is 42.5 Å². The van der Waals surface area contributed by atoms with Gasteiger partial charge in [-0.15, -0.1) is 0 Å². The Balaban J connectivity index is 1.64. The number of aliphatic hydroxyl groups is 2. The van der Waals surface area contributed by atoms with Crippen molar-refractivity contribution >= 4 is 41.2 Å². The molecule has 0 aliphatic carbocycles. The van der Waals surface area contributed by atoms with Gasteiger partial charge in [-0.2, -0.15) is 0 Å². The molecule has 16 heteroatoms. The number of rotatable bonds is 12. The molecule has 256 valence electrons. The minimum Gasteiger partial charge on any atom is -0.477 e. The lowest BCUT2D eigenvalue weighted by atomic mass is 9.88. The lowest BCUT2D eigenvalue weighted by Crippen LogP contribution is -2.68. The Kier molecular flexibility index (Phi) is 12.0. The molecule has 1 saturated heterocycles. The lowest BCUT2D eigenvalue weighted by Gasteiger charge is -2.47. The van der Waals surface area contributed by atoms with Gasteiger partial charge in [0.2, 0.25) is 5.91 Å². The molecule has 6 atom stereocenters. The number of amides is 3. The number of carboxylic acid groups (broad SMARTS) is 1. The van der Waals surface area contributed by atoms with E-state index in [2.05, 4.69) is 16.0 Å². The Morgan fingerprint density at radius 2 is 1.71 bits per heavy atom. The molecule has 4 rings (SSSR count). The zero-order valence-electron chi connectivity index (χ0n) is 25.3. The summed E-state index contributed by atoms with van der Waals surface area (Å²) in [7, 11) is 0. The summed E-state index contributed by atoms with van der Waals surface area (Å²) in [4.78, 5) is 50.6. The smallest absolute Gasteiger partial charge is 0.411 e. The maximum Gasteiger partial charge on any atom is 0.411 e. The van der Waals surface area contributed by atoms with E-state index in [-0.39, 0.29) is 11.1 Å². The first-order chi connectivity index (χ1) is 22.8. The molecule has 1 aliphatic heterocycles. The van der Waals surface area contributed by atoms with E-state index in [9.17, 15) is 43.3 Å². The third-order valence-electron chi connectivity index (χ3n) is 7.33. The number of carboxylic acids is 1. The molecule has 48 heavy (non-hydrogen) atoms. The summed E-state index contributed by atoms with van der Waals surface area (Å²) < 4.78 is 45.2. The second kappa shape index (κ2) is 16.0. The number of nitrogens with one attached hydrogen (secondary N) is 3. The van der Waals surface area contributed by atoms with Crippen LogP contribution in [0.5, 0.6) is 0 Å². The molecule has 3 amide bonds. The predicted octanol–water partition coefficient (Wildman–Crippen LogP) is 2.98. The van der Waals surface area contributed by atoms with Crippen molar-refractivity contribution in [2.75, 3.05) is 11.9 Å². The average molecular weight is 692 g/mol. The molecule has 0 radical (unpaired) electrons. The van der Waals surface area contributed by atoms with E-state index in [4.69, 9.17) is 25.8 Å². The molecule has 1 aliphatic rings. The van der Waals surface area contributed by atoms with Gasteiger partial charge in [0.05, 0.1) is 25.2 Å². The molecule has 0 saturated carbocycles. The Morgan fingerprint density at radius 1 is 1.02 bits per heavy atom. The highest BCUT2D eigenvalue weighted by molar-refractivity contribution is 6.30. The Morgan fingerprint density at radius 3 is 2.35 bits per heavy atom. The van der Waals surface area contributed by atoms with E-state index in [1.807, 2.05) is 0 Å². The molecule has 6 N–H and O–H groups in total. The summed E-state index contributed by atoms with van der Waals surface area (Å²) in [5.41, 5.74) is 0.0906. The van der Waals surface area contributed by atoms with Crippen LogP contribution in [0.2, 0.25) is 5.02 Å². The van der Waals surface area contributed by atoms with Crippen molar-refractivity contribution in [2.45, 2.75) is 56.2 Å². The Labute approximate surface area is 277 Å². The molecule has 1 heterocycles. The van der Waals surface area contributed by atoms with Crippen molar-refractivity contribution in [1.29, 1.82) is 0 Å². The van der Waals surface area contributed by atoms with E-state index < -0.39 is 91.3 Å². The zero-order chi connectivity index (χ0) is 35.0. The highest BCUT2D eigenvalue weighted by Gasteiger charge is 2.57. The van der Waals surface area contributed by atoms with Crippen molar-refractivity contribution in [3.05, 3.63) is 101 Å². The van der Waals surface area contributed by atoms with Gasteiger partial charge in [-0.25, -0.2) is 18.4 Å². The number of aliphatic carboxylic acids is 1. The van der Waals surface area contributed by atoms with Crippen molar-refractivity contribution in [3.8, 4) is 0 Å². The fraction of sp³-hybridized carbons (Fsp3) is 0.312. The molecular weight excluding hydrogens is 660 g/mol. The van der Waals surface area contributed by atoms with Crippen LogP contribution in [0.3, 0.4) is 0 Å². The van der Waals surface area contributed by atoms with Crippen LogP contribution in [-0.4, -0.2) is 82.0 Å². The van der Waals surface area contributed by atoms with Gasteiger partial charge in [0.1, 0.15) is 18.3 Å². The van der Waals surface area contributed by atoms with Crippen LogP contribution in [0.15, 0.2) is 72.8 Å². The fourth-order valence-electron chi connectivity index (χ4n) is 4.94. The standard InChI is InChI=1S/C32H32ClF2N3O10/c1-17(39)37-26-24(47-31(45)38-21-7-3-2-4-8-21)14-32(30(43)44,46-16-19-6-5-9-22(34)25(19)35)48-28(26)27(41)23(40)15-36-29(42)18-10-12-20(33)13-11-18/h2-13,23-24,26-28,40-41H,14-16H2,1H3,(H,36,42)(H,37,39)(H,38,45)(H,43,44)/t23-,24+,26-,27-,28-,32-/m1/s1. The maximum atomic E-state index is 14.5. The fourth-order valence-corrected chi connectivity index (χ4v) is 5.07. The first-order valence-electron chi connectivity index (χ1n) is 14.5. The number of carbonyl (C=O) groups is 4. The highest BCUT2D eigenvalue weighted by atomic mass is 35.5. The van der Waals surface area contributed by atoms with E-state index in [0.29, 0.717) is 10.7 Å². The second-order valence-corrected chi connectivity index (χ2v) is 11.2. The third-order valence-corrected chi connectivity index (χ3v) is 7.58. The number of para-hydroxylation sites is 1. The van der Waals surface area contributed by atoms with Crippen molar-refractivity contribution in [3.63, 3.8) is 0 Å². The molecule has 13 nitrogen and oxygen atoms in total. The zero-order valence-corrected chi connectivity index (χ0v) is 26.0. The number of hydrogen-bond donors (Lipinski definition) is 6. The topological polar surface area (TPSA) is 193 Å². The van der Waals surface area contributed by atoms with Crippen LogP contribution in [0, 0.1) is 11.6 Å². The monoisotopic (exact) mass is 691 g/mol. The molecule has 3 aromatic carbocycles. The third kappa shape index (κ3) is 9.02. The number of aliphatic hydroxyl groups excluding tert-OH is 2. The summed E-state index contributed by atoms with van der Waals surface area (Å²) in [5.74, 6) is -8.53. The molecule has 0 spiro atoms. The van der Waals surface area contributed by atoms with E-state index in [0.717, 1.165) is 19.1 Å². The lowest BCUT2D eigenvalue weighted by molar-refractivity contribution is -0.313. The van der Waals surface area contributed by atoms with Gasteiger partial charge in [-0.1, -0.05) is 41.9 Å². The number of halogens is 3. The second-order valence-electron chi connectivity index (χ2n) is 10.8. The summed E-state index contributed by atoms with van der Waals surface area (Å²) in [6.07, 6.45) is -9.33. The van der Waals surface area contributed by atoms with E-state index in [1.165, 1.54) is 42.5 Å². The van der Waals surface area contributed by atoms with Gasteiger partial charge >= 0.3 is 12.1 Å². The molecule has 3 aromatic rings. The number of benzene rings is 3. The van der Waals surface area contributed by atoms with Gasteiger partial charge in [0, 0.05) is 35.3 Å². The number of hydrogen-bond acceptors (Lipinski definition) is 9. The largest absolute Gasteiger partial charge is 0.477 e. The van der Waals surface area contributed by atoms with Gasteiger partial charge in [0.15, 0.2) is 11.6 Å². The minimum atomic E-state index is -2.80. The van der Waals surface area contributed by atoms with Crippen LogP contribution in [0.1, 0.15) is 29.3 Å². The first kappa shape index (κ1) is 36.2. The van der Waals surface area contributed by atoms with Crippen LogP contribution >= 0.6 is 11.6 Å². The molecule has 0 unspecified atom stereocenters. The van der Waals surface area contributed by atoms with Crippen molar-refractivity contribution in [1.82, 2.24) is 10.6 Å². The number of anilines is 1. The van der Waals surface area contributed by atoms with Crippen molar-refractivity contribution in [2.24, 2.45) is 0 Å². The Bertz CT molecular complexity index is 1620. The van der Waals surface area contributed by atoms with Crippen molar-refractivity contribution < 1.29 is 57.5 Å². The van der Waals surface area contributed by atoms with Gasteiger partial charge in [-0.3, -0.25) is 14.9 Å². The minimum absolute atomic E-state index is 0.173. The van der Waals surface area contributed by atoms with Crippen LogP contribution in [-0.2, 0) is 30.4 Å². The SMILES string of the molecule is CC(=O)N[C@H]1[C@H]([C@H](O)[C@H](O)CNC(=O)c2ccc(Cl)cc2)O[C@@](OCc2cccc(F)c2F)(C(=O)O)C[C@@H]1OC(=O)Nc1ccccc1. The predicted molar refractivity (Wildman–Crippen MR) is 165 cm³/mol. The van der Waals surface area contributed by atoms with Gasteiger partial charge < -0.3 is 40.2 Å². The summed E-state index contributed by atoms with van der Waals surface area (Å²) in [6.45, 7) is -0.355. The first-order valence-corrected chi connectivity index (χ1v) is 14.8. The summed E-state index contributed by atoms with van der Waals surface area (Å²) in [5, 5.41) is 40.3. The van der Waals surface area contributed by atoms with Crippen LogP contribution in [0.25, 0.3) is 0 Å². The summed E-state index contributed by atoms with van der Waals surface area (Å²) >= 11 is 5.85. The molecule has 0 aromatic heterocycles. The van der Waals surface area contributed by atoms with E-state index in [1.54, 1.807) is 18.2 Å². The molecule has 0 bridgehead atoms. The quantitative estimate of drug-likeness (QED) is 0.165. The number of ether oxygens (including phenoxy) is 3. The van der Waals surface area contributed by atoms with Crippen LogP contribution in [0.4, 0.5) is 19.3 Å². The van der Waals surface area contributed by atoms with Gasteiger partial charge in [0.25, 0.3) is 11.7 Å². The van der Waals surface area contributed by atoms with E-state index >= 15 is 0 Å². The Hall–Kier alpha value is -4.67. The maximum absolute atomic E-state index is 14.5. The number of carbonyl (C=O) groups excluding carboxylic acids is 3.